The molecule has 1 amide bonds. The number of ether oxygens (including phenoxy) is 1. The summed E-state index contributed by atoms with van der Waals surface area (Å²) in [5.41, 5.74) is 1.51. The van der Waals surface area contributed by atoms with Gasteiger partial charge in [0, 0.05) is 18.1 Å². The molecule has 5 heteroatoms. The van der Waals surface area contributed by atoms with Crippen LogP contribution in [-0.2, 0) is 17.9 Å². The highest BCUT2D eigenvalue weighted by atomic mass is 16.5. The third kappa shape index (κ3) is 3.59. The summed E-state index contributed by atoms with van der Waals surface area (Å²) >= 11 is 0. The van der Waals surface area contributed by atoms with E-state index in [0.29, 0.717) is 0 Å². The third-order valence-electron chi connectivity index (χ3n) is 2.69. The highest BCUT2D eigenvalue weighted by Crippen LogP contribution is 2.15. The van der Waals surface area contributed by atoms with Crippen LogP contribution in [0.3, 0.4) is 0 Å². The molecule has 0 aliphatic heterocycles. The van der Waals surface area contributed by atoms with E-state index in [-0.39, 0.29) is 19.1 Å². The van der Waals surface area contributed by atoms with Gasteiger partial charge in [0.2, 0.25) is 5.91 Å². The summed E-state index contributed by atoms with van der Waals surface area (Å²) in [7, 11) is 1.60. The summed E-state index contributed by atoms with van der Waals surface area (Å²) in [4.78, 5) is 11.8. The van der Waals surface area contributed by atoms with E-state index in [1.54, 1.807) is 54.4 Å². The summed E-state index contributed by atoms with van der Waals surface area (Å²) in [5.74, 6) is 0.626. The Bertz CT molecular complexity index is 546. The number of nitrogens with zero attached hydrogens (tertiary/aromatic N) is 1. The van der Waals surface area contributed by atoms with E-state index in [2.05, 4.69) is 5.32 Å². The Morgan fingerprint density at radius 2 is 2.05 bits per heavy atom. The van der Waals surface area contributed by atoms with Crippen molar-refractivity contribution < 1.29 is 14.6 Å². The van der Waals surface area contributed by atoms with E-state index in [0.717, 1.165) is 17.0 Å². The van der Waals surface area contributed by atoms with E-state index in [1.807, 2.05) is 0 Å². The second kappa shape index (κ2) is 6.06. The summed E-state index contributed by atoms with van der Waals surface area (Å²) in [6.45, 7) is 0.194. The van der Waals surface area contributed by atoms with E-state index in [1.165, 1.54) is 0 Å². The average molecular weight is 260 g/mol. The molecule has 0 saturated heterocycles. The number of hydrogen-bond acceptors (Lipinski definition) is 3. The van der Waals surface area contributed by atoms with Crippen LogP contribution in [-0.4, -0.2) is 22.7 Å². The van der Waals surface area contributed by atoms with Crippen LogP contribution < -0.4 is 10.1 Å². The maximum atomic E-state index is 11.8. The standard InChI is InChI=1S/C14H16N2O3/c1-19-13-4-2-12(3-5-13)15-14(18)9-16-7-6-11(8-16)10-17/h2-8,17H,9-10H2,1H3,(H,15,18). The fourth-order valence-electron chi connectivity index (χ4n) is 1.72. The molecule has 0 unspecified atom stereocenters. The lowest BCUT2D eigenvalue weighted by Gasteiger charge is -2.07. The van der Waals surface area contributed by atoms with Crippen LogP contribution in [0.25, 0.3) is 0 Å². The molecule has 0 radical (unpaired) electrons. The number of anilines is 1. The second-order valence-corrected chi connectivity index (χ2v) is 4.13. The van der Waals surface area contributed by atoms with E-state index in [9.17, 15) is 4.79 Å². The second-order valence-electron chi connectivity index (χ2n) is 4.13. The number of amides is 1. The maximum Gasteiger partial charge on any atom is 0.244 e. The molecular formula is C14H16N2O3. The highest BCUT2D eigenvalue weighted by Gasteiger charge is 2.04. The van der Waals surface area contributed by atoms with Gasteiger partial charge in [0.25, 0.3) is 0 Å². The van der Waals surface area contributed by atoms with Gasteiger partial charge in [-0.25, -0.2) is 0 Å². The van der Waals surface area contributed by atoms with Gasteiger partial charge in [0.1, 0.15) is 12.3 Å². The Morgan fingerprint density at radius 3 is 2.63 bits per heavy atom. The van der Waals surface area contributed by atoms with Crippen molar-refractivity contribution in [2.24, 2.45) is 0 Å². The number of methoxy groups -OCH3 is 1. The van der Waals surface area contributed by atoms with Crippen molar-refractivity contribution in [3.05, 3.63) is 48.3 Å². The lowest BCUT2D eigenvalue weighted by atomic mass is 10.3. The number of rotatable bonds is 5. The summed E-state index contributed by atoms with van der Waals surface area (Å²) < 4.78 is 6.77. The molecule has 1 heterocycles. The summed E-state index contributed by atoms with van der Waals surface area (Å²) in [6, 6.07) is 8.92. The van der Waals surface area contributed by atoms with E-state index in [4.69, 9.17) is 9.84 Å². The minimum absolute atomic E-state index is 0.0207. The van der Waals surface area contributed by atoms with Crippen molar-refractivity contribution >= 4 is 11.6 Å². The molecule has 5 nitrogen and oxygen atoms in total. The Kier molecular flexibility index (Phi) is 4.20. The molecule has 0 aliphatic carbocycles. The van der Waals surface area contributed by atoms with Crippen LogP contribution >= 0.6 is 0 Å². The first-order chi connectivity index (χ1) is 9.21. The third-order valence-corrected chi connectivity index (χ3v) is 2.69. The zero-order valence-corrected chi connectivity index (χ0v) is 10.7. The van der Waals surface area contributed by atoms with Gasteiger partial charge in [-0.1, -0.05) is 0 Å². The van der Waals surface area contributed by atoms with Crippen molar-refractivity contribution in [2.75, 3.05) is 12.4 Å². The monoisotopic (exact) mass is 260 g/mol. The number of hydrogen-bond donors (Lipinski definition) is 2. The van der Waals surface area contributed by atoms with Gasteiger partial charge in [-0.15, -0.1) is 0 Å². The number of nitrogens with one attached hydrogen (secondary N) is 1. The molecule has 2 N–H and O–H groups in total. The molecule has 2 aromatic rings. The fourth-order valence-corrected chi connectivity index (χ4v) is 1.72. The molecule has 2 rings (SSSR count). The predicted octanol–water partition coefficient (Wildman–Crippen LogP) is 1.63. The normalized spacial score (nSPS) is 10.2. The first-order valence-corrected chi connectivity index (χ1v) is 5.90. The molecule has 0 bridgehead atoms. The van der Waals surface area contributed by atoms with Gasteiger partial charge in [-0.05, 0) is 35.9 Å². The zero-order chi connectivity index (χ0) is 13.7. The Labute approximate surface area is 111 Å². The van der Waals surface area contributed by atoms with Gasteiger partial charge in [-0.3, -0.25) is 4.79 Å². The predicted molar refractivity (Wildman–Crippen MR) is 72.0 cm³/mol. The number of benzene rings is 1. The first kappa shape index (κ1) is 13.2. The van der Waals surface area contributed by atoms with Crippen molar-refractivity contribution in [1.29, 1.82) is 0 Å². The van der Waals surface area contributed by atoms with Gasteiger partial charge < -0.3 is 19.7 Å². The molecule has 0 saturated carbocycles. The van der Waals surface area contributed by atoms with Crippen LogP contribution in [0.15, 0.2) is 42.7 Å². The Balaban J connectivity index is 1.93. The number of carbonyl (C=O) groups excluding carboxylic acids is 1. The smallest absolute Gasteiger partial charge is 0.244 e. The molecule has 0 atom stereocenters. The van der Waals surface area contributed by atoms with Gasteiger partial charge in [0.15, 0.2) is 0 Å². The zero-order valence-electron chi connectivity index (χ0n) is 10.7. The maximum absolute atomic E-state index is 11.8. The average Bonchev–Trinajstić information content (AvgIpc) is 2.87. The van der Waals surface area contributed by atoms with Crippen LogP contribution in [0.2, 0.25) is 0 Å². The van der Waals surface area contributed by atoms with Crippen LogP contribution in [0.4, 0.5) is 5.69 Å². The SMILES string of the molecule is COc1ccc(NC(=O)Cn2ccc(CO)c2)cc1. The molecule has 1 aromatic carbocycles. The van der Waals surface area contributed by atoms with Gasteiger partial charge in [-0.2, -0.15) is 0 Å². The molecule has 0 fully saturated rings. The van der Waals surface area contributed by atoms with E-state index < -0.39 is 0 Å². The topological polar surface area (TPSA) is 63.5 Å². The largest absolute Gasteiger partial charge is 0.497 e. The van der Waals surface area contributed by atoms with Crippen LogP contribution in [0, 0.1) is 0 Å². The number of aromatic nitrogens is 1. The van der Waals surface area contributed by atoms with Crippen LogP contribution in [0.5, 0.6) is 5.75 Å². The Hall–Kier alpha value is -2.27. The van der Waals surface area contributed by atoms with Crippen LogP contribution in [0.1, 0.15) is 5.56 Å². The number of aliphatic hydroxyl groups is 1. The van der Waals surface area contributed by atoms with Crippen molar-refractivity contribution in [3.63, 3.8) is 0 Å². The lowest BCUT2D eigenvalue weighted by molar-refractivity contribution is -0.116. The number of aliphatic hydroxyl groups excluding tert-OH is 1. The summed E-state index contributed by atoms with van der Waals surface area (Å²) in [5, 5.41) is 11.7. The quantitative estimate of drug-likeness (QED) is 0.858. The molecule has 0 aliphatic rings. The number of carbonyl (C=O) groups is 1. The Morgan fingerprint density at radius 1 is 1.32 bits per heavy atom. The van der Waals surface area contributed by atoms with E-state index >= 15 is 0 Å². The van der Waals surface area contributed by atoms with Crippen molar-refractivity contribution in [2.45, 2.75) is 13.2 Å². The first-order valence-electron chi connectivity index (χ1n) is 5.90. The van der Waals surface area contributed by atoms with Gasteiger partial charge in [0.05, 0.1) is 13.7 Å². The molecular weight excluding hydrogens is 244 g/mol. The summed E-state index contributed by atoms with van der Waals surface area (Å²) in [6.07, 6.45) is 3.51. The van der Waals surface area contributed by atoms with Crippen molar-refractivity contribution in [3.8, 4) is 5.75 Å². The fraction of sp³-hybridized carbons (Fsp3) is 0.214. The molecule has 19 heavy (non-hydrogen) atoms. The lowest BCUT2D eigenvalue weighted by Crippen LogP contribution is -2.17. The van der Waals surface area contributed by atoms with Gasteiger partial charge >= 0.3 is 0 Å². The van der Waals surface area contributed by atoms with Crippen molar-refractivity contribution in [1.82, 2.24) is 4.57 Å². The minimum atomic E-state index is -0.120. The minimum Gasteiger partial charge on any atom is -0.497 e. The molecule has 1 aromatic heterocycles. The molecule has 0 spiro atoms. The highest BCUT2D eigenvalue weighted by molar-refractivity contribution is 5.90. The molecule has 100 valence electrons.